The Labute approximate surface area is 103 Å². The third kappa shape index (κ3) is 2.75. The second-order valence-electron chi connectivity index (χ2n) is 3.19. The number of pyridine rings is 1. The molecule has 3 nitrogen and oxygen atoms in total. The number of hydrogen-bond acceptors (Lipinski definition) is 3. The predicted octanol–water partition coefficient (Wildman–Crippen LogP) is 2.88. The first-order chi connectivity index (χ1) is 8.20. The molecule has 1 aromatic heterocycles. The van der Waals surface area contributed by atoms with Crippen LogP contribution < -0.4 is 5.73 Å². The van der Waals surface area contributed by atoms with Crippen molar-refractivity contribution >= 4 is 16.8 Å². The largest absolute Gasteiger partial charge is 0.418 e. The minimum atomic E-state index is -4.89. The van der Waals surface area contributed by atoms with Gasteiger partial charge in [-0.2, -0.15) is 13.2 Å². The number of aromatic nitrogens is 1. The summed E-state index contributed by atoms with van der Waals surface area (Å²) in [6.45, 7) is -0.811. The van der Waals surface area contributed by atoms with Crippen LogP contribution in [-0.4, -0.2) is 10.2 Å². The summed E-state index contributed by atoms with van der Waals surface area (Å²) in [6, 6.07) is 0. The fraction of sp³-hybridized carbons (Fsp3) is 0.333. The van der Waals surface area contributed by atoms with Crippen LogP contribution in [-0.2, 0) is 12.7 Å². The molecule has 100 valence electrons. The molecule has 0 radical (unpaired) electrons. The Morgan fingerprint density at radius 2 is 2.00 bits per heavy atom. The molecule has 0 saturated carbocycles. The molecule has 0 aromatic carbocycles. The van der Waals surface area contributed by atoms with Crippen molar-refractivity contribution in [3.63, 3.8) is 0 Å². The van der Waals surface area contributed by atoms with E-state index in [1.807, 2.05) is 0 Å². The lowest BCUT2D eigenvalue weighted by Gasteiger charge is -2.16. The third-order valence-electron chi connectivity index (χ3n) is 2.14. The second-order valence-corrected chi connectivity index (χ2v) is 3.53. The van der Waals surface area contributed by atoms with Crippen LogP contribution in [0.4, 0.5) is 22.0 Å². The Balaban J connectivity index is 3.64. The zero-order valence-electron chi connectivity index (χ0n) is 8.56. The molecule has 1 aromatic rings. The molecule has 0 spiro atoms. The van der Waals surface area contributed by atoms with Crippen LogP contribution in [0.15, 0.2) is 6.20 Å². The summed E-state index contributed by atoms with van der Waals surface area (Å²) in [5.41, 5.74) is 0.670. The van der Waals surface area contributed by atoms with Gasteiger partial charge < -0.3 is 5.73 Å². The zero-order valence-corrected chi connectivity index (χ0v) is 9.32. The lowest BCUT2D eigenvalue weighted by Crippen LogP contribution is -2.18. The first-order valence-electron chi connectivity index (χ1n) is 4.47. The Kier molecular flexibility index (Phi) is 4.23. The number of nitrogens with two attached hydrogens (primary N) is 1. The molecule has 0 unspecified atom stereocenters. The summed E-state index contributed by atoms with van der Waals surface area (Å²) >= 11 is 4.99. The lowest BCUT2D eigenvalue weighted by atomic mass is 10.0. The summed E-state index contributed by atoms with van der Waals surface area (Å²) in [5, 5.41) is -1.37. The number of halogens is 6. The van der Waals surface area contributed by atoms with Gasteiger partial charge in [0.1, 0.15) is 5.69 Å². The van der Waals surface area contributed by atoms with Crippen molar-refractivity contribution in [2.24, 2.45) is 5.73 Å². The van der Waals surface area contributed by atoms with Gasteiger partial charge in [-0.1, -0.05) is 0 Å². The van der Waals surface area contributed by atoms with Gasteiger partial charge in [0.2, 0.25) is 0 Å². The van der Waals surface area contributed by atoms with Gasteiger partial charge in [0.15, 0.2) is 0 Å². The SMILES string of the molecule is NCc1c(C(F)(F)F)cnc(C(=O)Cl)c1C(F)F. The van der Waals surface area contributed by atoms with Crippen LogP contribution in [0.25, 0.3) is 0 Å². The van der Waals surface area contributed by atoms with E-state index < -0.39 is 46.8 Å². The van der Waals surface area contributed by atoms with Gasteiger partial charge in [-0.25, -0.2) is 8.78 Å². The maximum absolute atomic E-state index is 12.7. The Morgan fingerprint density at radius 3 is 2.33 bits per heavy atom. The van der Waals surface area contributed by atoms with E-state index in [1.165, 1.54) is 0 Å². The summed E-state index contributed by atoms with van der Waals surface area (Å²) in [4.78, 5) is 13.9. The van der Waals surface area contributed by atoms with Crippen molar-refractivity contribution in [2.75, 3.05) is 0 Å². The highest BCUT2D eigenvalue weighted by molar-refractivity contribution is 6.67. The van der Waals surface area contributed by atoms with Gasteiger partial charge in [-0.15, -0.1) is 0 Å². The number of rotatable bonds is 3. The molecule has 0 atom stereocenters. The molecule has 0 aliphatic heterocycles. The van der Waals surface area contributed by atoms with E-state index in [2.05, 4.69) is 4.98 Å². The van der Waals surface area contributed by atoms with Gasteiger partial charge in [-0.3, -0.25) is 9.78 Å². The molecule has 0 fully saturated rings. The van der Waals surface area contributed by atoms with Crippen LogP contribution in [0, 0.1) is 0 Å². The topological polar surface area (TPSA) is 56.0 Å². The third-order valence-corrected chi connectivity index (χ3v) is 2.32. The van der Waals surface area contributed by atoms with E-state index in [-0.39, 0.29) is 6.20 Å². The number of carbonyl (C=O) groups is 1. The van der Waals surface area contributed by atoms with Crippen LogP contribution >= 0.6 is 11.6 Å². The molecular formula is C9H6ClF5N2O. The summed E-state index contributed by atoms with van der Waals surface area (Å²) in [6.07, 6.45) is -7.96. The van der Waals surface area contributed by atoms with Crippen LogP contribution in [0.1, 0.15) is 33.6 Å². The number of hydrogen-bond donors (Lipinski definition) is 1. The van der Waals surface area contributed by atoms with Gasteiger partial charge in [0.25, 0.3) is 11.7 Å². The molecule has 0 aliphatic carbocycles. The summed E-state index contributed by atoms with van der Waals surface area (Å²) < 4.78 is 63.1. The Hall–Kier alpha value is -1.28. The smallest absolute Gasteiger partial charge is 0.326 e. The molecule has 0 aliphatic rings. The second kappa shape index (κ2) is 5.15. The van der Waals surface area contributed by atoms with Gasteiger partial charge in [0, 0.05) is 12.7 Å². The molecular weight excluding hydrogens is 283 g/mol. The van der Waals surface area contributed by atoms with Crippen molar-refractivity contribution < 1.29 is 26.7 Å². The Bertz CT molecular complexity index is 475. The molecule has 1 heterocycles. The first-order valence-corrected chi connectivity index (χ1v) is 4.85. The molecule has 0 amide bonds. The zero-order chi connectivity index (χ0) is 14.1. The van der Waals surface area contributed by atoms with Gasteiger partial charge in [0.05, 0.1) is 11.1 Å². The van der Waals surface area contributed by atoms with Crippen LogP contribution in [0.2, 0.25) is 0 Å². The van der Waals surface area contributed by atoms with Gasteiger partial charge in [-0.05, 0) is 17.2 Å². The minimum Gasteiger partial charge on any atom is -0.326 e. The first kappa shape index (κ1) is 14.8. The van der Waals surface area contributed by atoms with Crippen molar-refractivity contribution in [3.05, 3.63) is 28.6 Å². The van der Waals surface area contributed by atoms with E-state index in [9.17, 15) is 26.7 Å². The predicted molar refractivity (Wildman–Crippen MR) is 52.3 cm³/mol. The lowest BCUT2D eigenvalue weighted by molar-refractivity contribution is -0.138. The van der Waals surface area contributed by atoms with Gasteiger partial charge >= 0.3 is 6.18 Å². The fourth-order valence-corrected chi connectivity index (χ4v) is 1.57. The quantitative estimate of drug-likeness (QED) is 0.687. The molecule has 2 N–H and O–H groups in total. The van der Waals surface area contributed by atoms with Crippen molar-refractivity contribution in [3.8, 4) is 0 Å². The molecule has 18 heavy (non-hydrogen) atoms. The monoisotopic (exact) mass is 288 g/mol. The normalized spacial score (nSPS) is 12.0. The van der Waals surface area contributed by atoms with E-state index in [0.717, 1.165) is 0 Å². The molecule has 9 heteroatoms. The Morgan fingerprint density at radius 1 is 1.44 bits per heavy atom. The summed E-state index contributed by atoms with van der Waals surface area (Å²) in [5.74, 6) is 0. The average Bonchev–Trinajstić information content (AvgIpc) is 2.25. The number of carbonyl (C=O) groups excluding carboxylic acids is 1. The highest BCUT2D eigenvalue weighted by atomic mass is 35.5. The molecule has 0 saturated heterocycles. The fourth-order valence-electron chi connectivity index (χ4n) is 1.42. The molecule has 1 rings (SSSR count). The van der Waals surface area contributed by atoms with E-state index in [1.54, 1.807) is 0 Å². The van der Waals surface area contributed by atoms with E-state index in [4.69, 9.17) is 17.3 Å². The number of nitrogens with zero attached hydrogens (tertiary/aromatic N) is 1. The van der Waals surface area contributed by atoms with E-state index in [0.29, 0.717) is 0 Å². The van der Waals surface area contributed by atoms with Crippen molar-refractivity contribution in [1.29, 1.82) is 0 Å². The highest BCUT2D eigenvalue weighted by Crippen LogP contribution is 2.37. The minimum absolute atomic E-state index is 0.268. The van der Waals surface area contributed by atoms with Crippen LogP contribution in [0.3, 0.4) is 0 Å². The van der Waals surface area contributed by atoms with E-state index >= 15 is 0 Å². The van der Waals surface area contributed by atoms with Crippen LogP contribution in [0.5, 0.6) is 0 Å². The maximum atomic E-state index is 12.7. The summed E-state index contributed by atoms with van der Waals surface area (Å²) in [7, 11) is 0. The standard InChI is InChI=1S/C9H6ClF5N2O/c10-7(18)6-5(8(11)12)3(1-16)4(2-17-6)9(13,14)15/h2,8H,1,16H2. The maximum Gasteiger partial charge on any atom is 0.418 e. The van der Waals surface area contributed by atoms with Crippen molar-refractivity contribution in [2.45, 2.75) is 19.1 Å². The average molecular weight is 289 g/mol. The highest BCUT2D eigenvalue weighted by Gasteiger charge is 2.37. The van der Waals surface area contributed by atoms with Crippen molar-refractivity contribution in [1.82, 2.24) is 4.98 Å². The molecule has 0 bridgehead atoms. The number of alkyl halides is 5.